The molecule has 4 nitrogen and oxygen atoms in total. The van der Waals surface area contributed by atoms with Gasteiger partial charge in [-0.05, 0) is 38.8 Å². The number of rotatable bonds is 5. The normalized spacial score (nSPS) is 10.0. The quantitative estimate of drug-likeness (QED) is 0.410. The molecule has 0 saturated carbocycles. The Hall–Kier alpha value is -1.24. The number of aromatic nitrogens is 1. The predicted octanol–water partition coefficient (Wildman–Crippen LogP) is 3.21. The standard InChI is InChI=1S/C16H24N4.HI/c1-4-17-16(18-5-2)19-11-10-13-12(3)20-15-9-7-6-8-14(13)15;/h6-9,20H,4-5,10-11H2,1-3H3,(H2,17,18,19);1H. The third kappa shape index (κ3) is 4.62. The topological polar surface area (TPSA) is 52.2 Å². The third-order valence-electron chi connectivity index (χ3n) is 3.35. The maximum atomic E-state index is 4.61. The van der Waals surface area contributed by atoms with E-state index in [1.807, 2.05) is 0 Å². The molecule has 0 fully saturated rings. The van der Waals surface area contributed by atoms with Crippen LogP contribution in [0, 0.1) is 6.92 Å². The molecule has 1 aromatic heterocycles. The summed E-state index contributed by atoms with van der Waals surface area (Å²) in [4.78, 5) is 8.04. The van der Waals surface area contributed by atoms with Crippen molar-refractivity contribution in [2.24, 2.45) is 4.99 Å². The van der Waals surface area contributed by atoms with E-state index in [1.54, 1.807) is 0 Å². The molecule has 1 aromatic carbocycles. The van der Waals surface area contributed by atoms with Crippen molar-refractivity contribution in [3.05, 3.63) is 35.5 Å². The van der Waals surface area contributed by atoms with Crippen molar-refractivity contribution >= 4 is 40.8 Å². The molecule has 116 valence electrons. The number of para-hydroxylation sites is 1. The second-order valence-electron chi connectivity index (χ2n) is 4.82. The van der Waals surface area contributed by atoms with Crippen molar-refractivity contribution in [2.75, 3.05) is 19.6 Å². The van der Waals surface area contributed by atoms with Crippen LogP contribution < -0.4 is 10.6 Å². The lowest BCUT2D eigenvalue weighted by atomic mass is 10.1. The van der Waals surface area contributed by atoms with Crippen LogP contribution in [0.25, 0.3) is 10.9 Å². The van der Waals surface area contributed by atoms with Crippen LogP contribution >= 0.6 is 24.0 Å². The Kier molecular flexibility index (Phi) is 7.56. The Labute approximate surface area is 143 Å². The van der Waals surface area contributed by atoms with Crippen LogP contribution in [0.15, 0.2) is 29.3 Å². The zero-order chi connectivity index (χ0) is 14.4. The zero-order valence-electron chi connectivity index (χ0n) is 13.0. The Morgan fingerprint density at radius 1 is 1.14 bits per heavy atom. The zero-order valence-corrected chi connectivity index (χ0v) is 15.3. The molecule has 0 aliphatic rings. The van der Waals surface area contributed by atoms with Gasteiger partial charge in [0.15, 0.2) is 5.96 Å². The number of fused-ring (bicyclic) bond motifs is 1. The van der Waals surface area contributed by atoms with Gasteiger partial charge < -0.3 is 15.6 Å². The summed E-state index contributed by atoms with van der Waals surface area (Å²) in [5.41, 5.74) is 3.83. The van der Waals surface area contributed by atoms with E-state index in [1.165, 1.54) is 22.2 Å². The summed E-state index contributed by atoms with van der Waals surface area (Å²) in [6.45, 7) is 8.86. The monoisotopic (exact) mass is 400 g/mol. The summed E-state index contributed by atoms with van der Waals surface area (Å²) < 4.78 is 0. The van der Waals surface area contributed by atoms with Crippen molar-refractivity contribution in [3.63, 3.8) is 0 Å². The van der Waals surface area contributed by atoms with Gasteiger partial charge in [0, 0.05) is 36.2 Å². The van der Waals surface area contributed by atoms with E-state index in [2.05, 4.69) is 65.6 Å². The molecule has 0 atom stereocenters. The maximum Gasteiger partial charge on any atom is 0.191 e. The minimum atomic E-state index is 0. The molecule has 5 heteroatoms. The number of aryl methyl sites for hydroxylation is 1. The van der Waals surface area contributed by atoms with Crippen LogP contribution in [-0.2, 0) is 6.42 Å². The molecular weight excluding hydrogens is 375 g/mol. The van der Waals surface area contributed by atoms with Crippen LogP contribution in [0.4, 0.5) is 0 Å². The number of benzene rings is 1. The number of H-pyrrole nitrogens is 1. The van der Waals surface area contributed by atoms with Gasteiger partial charge in [-0.2, -0.15) is 0 Å². The predicted molar refractivity (Wildman–Crippen MR) is 102 cm³/mol. The first-order chi connectivity index (χ1) is 9.76. The van der Waals surface area contributed by atoms with E-state index >= 15 is 0 Å². The molecule has 0 aliphatic heterocycles. The van der Waals surface area contributed by atoms with Crippen molar-refractivity contribution in [3.8, 4) is 0 Å². The fourth-order valence-corrected chi connectivity index (χ4v) is 2.45. The largest absolute Gasteiger partial charge is 0.358 e. The van der Waals surface area contributed by atoms with Gasteiger partial charge in [0.05, 0.1) is 0 Å². The Morgan fingerprint density at radius 3 is 2.48 bits per heavy atom. The van der Waals surface area contributed by atoms with Crippen LogP contribution in [0.3, 0.4) is 0 Å². The molecule has 0 amide bonds. The first kappa shape index (κ1) is 17.8. The number of hydrogen-bond acceptors (Lipinski definition) is 1. The first-order valence-corrected chi connectivity index (χ1v) is 7.34. The lowest BCUT2D eigenvalue weighted by Gasteiger charge is -2.09. The van der Waals surface area contributed by atoms with Crippen LogP contribution in [0.1, 0.15) is 25.1 Å². The van der Waals surface area contributed by atoms with Gasteiger partial charge in [0.1, 0.15) is 0 Å². The molecule has 0 aliphatic carbocycles. The maximum absolute atomic E-state index is 4.61. The molecule has 0 bridgehead atoms. The number of aliphatic imine (C=N–C) groups is 1. The lowest BCUT2D eigenvalue weighted by Crippen LogP contribution is -2.37. The molecule has 0 unspecified atom stereocenters. The second-order valence-corrected chi connectivity index (χ2v) is 4.82. The summed E-state index contributed by atoms with van der Waals surface area (Å²) >= 11 is 0. The highest BCUT2D eigenvalue weighted by Gasteiger charge is 2.07. The molecular formula is C16H25IN4. The molecule has 0 radical (unpaired) electrons. The number of halogens is 1. The molecule has 2 aromatic rings. The fraction of sp³-hybridized carbons (Fsp3) is 0.438. The van der Waals surface area contributed by atoms with E-state index in [-0.39, 0.29) is 24.0 Å². The number of nitrogens with zero attached hydrogens (tertiary/aromatic N) is 1. The van der Waals surface area contributed by atoms with Crippen molar-refractivity contribution in [1.82, 2.24) is 15.6 Å². The van der Waals surface area contributed by atoms with Crippen molar-refractivity contribution in [2.45, 2.75) is 27.2 Å². The third-order valence-corrected chi connectivity index (χ3v) is 3.35. The smallest absolute Gasteiger partial charge is 0.191 e. The molecule has 1 heterocycles. The van der Waals surface area contributed by atoms with E-state index in [9.17, 15) is 0 Å². The van der Waals surface area contributed by atoms with Gasteiger partial charge in [0.25, 0.3) is 0 Å². The highest BCUT2D eigenvalue weighted by atomic mass is 127. The fourth-order valence-electron chi connectivity index (χ4n) is 2.45. The van der Waals surface area contributed by atoms with Gasteiger partial charge >= 0.3 is 0 Å². The highest BCUT2D eigenvalue weighted by molar-refractivity contribution is 14.0. The molecule has 3 N–H and O–H groups in total. The van der Waals surface area contributed by atoms with Gasteiger partial charge in [-0.25, -0.2) is 0 Å². The summed E-state index contributed by atoms with van der Waals surface area (Å²) in [6.07, 6.45) is 0.954. The van der Waals surface area contributed by atoms with E-state index < -0.39 is 0 Å². The summed E-state index contributed by atoms with van der Waals surface area (Å²) in [7, 11) is 0. The molecule has 2 rings (SSSR count). The van der Waals surface area contributed by atoms with Gasteiger partial charge in [-0.3, -0.25) is 4.99 Å². The Balaban J connectivity index is 0.00000220. The van der Waals surface area contributed by atoms with Gasteiger partial charge in [0.2, 0.25) is 0 Å². The van der Waals surface area contributed by atoms with E-state index in [4.69, 9.17) is 0 Å². The number of hydrogen-bond donors (Lipinski definition) is 3. The van der Waals surface area contributed by atoms with E-state index in [0.717, 1.165) is 32.0 Å². The second kappa shape index (κ2) is 8.92. The van der Waals surface area contributed by atoms with Crippen LogP contribution in [0.2, 0.25) is 0 Å². The SMILES string of the molecule is CCNC(=NCCc1c(C)[nH]c2ccccc12)NCC.I. The molecule has 0 spiro atoms. The van der Waals surface area contributed by atoms with Crippen LogP contribution in [-0.4, -0.2) is 30.6 Å². The number of aromatic amines is 1. The summed E-state index contributed by atoms with van der Waals surface area (Å²) in [5.74, 6) is 0.896. The number of nitrogens with one attached hydrogen (secondary N) is 3. The first-order valence-electron chi connectivity index (χ1n) is 7.34. The minimum Gasteiger partial charge on any atom is -0.358 e. The number of guanidine groups is 1. The average Bonchev–Trinajstić information content (AvgIpc) is 2.76. The molecule has 0 saturated heterocycles. The lowest BCUT2D eigenvalue weighted by molar-refractivity contribution is 0.833. The summed E-state index contributed by atoms with van der Waals surface area (Å²) in [6, 6.07) is 8.45. The molecule has 21 heavy (non-hydrogen) atoms. The van der Waals surface area contributed by atoms with Crippen molar-refractivity contribution < 1.29 is 0 Å². The van der Waals surface area contributed by atoms with Gasteiger partial charge in [-0.1, -0.05) is 18.2 Å². The minimum absolute atomic E-state index is 0. The van der Waals surface area contributed by atoms with E-state index in [0.29, 0.717) is 0 Å². The average molecular weight is 400 g/mol. The van der Waals surface area contributed by atoms with Crippen LogP contribution in [0.5, 0.6) is 0 Å². The Morgan fingerprint density at radius 2 is 1.81 bits per heavy atom. The summed E-state index contributed by atoms with van der Waals surface area (Å²) in [5, 5.41) is 7.81. The Bertz CT molecular complexity index is 581. The van der Waals surface area contributed by atoms with Gasteiger partial charge in [-0.15, -0.1) is 24.0 Å². The van der Waals surface area contributed by atoms with Crippen molar-refractivity contribution in [1.29, 1.82) is 0 Å². The highest BCUT2D eigenvalue weighted by Crippen LogP contribution is 2.22.